The second-order valence-electron chi connectivity index (χ2n) is 17.4. The van der Waals surface area contributed by atoms with E-state index in [0.717, 1.165) is 85.4 Å². The number of aromatic amines is 1. The van der Waals surface area contributed by atoms with E-state index in [-0.39, 0.29) is 18.4 Å². The van der Waals surface area contributed by atoms with Gasteiger partial charge in [0.1, 0.15) is 17.0 Å². The molecular weight excluding hydrogens is 885 g/mol. The average molecular weight is 943 g/mol. The molecule has 0 bridgehead atoms. The average Bonchev–Trinajstić information content (AvgIpc) is 4.16. The lowest BCUT2D eigenvalue weighted by atomic mass is 9.77. The second-order valence-corrected chi connectivity index (χ2v) is 17.4. The normalized spacial score (nSPS) is 12.6. The molecule has 0 unspecified atom stereocenters. The Morgan fingerprint density at radius 2 is 1.15 bits per heavy atom. The van der Waals surface area contributed by atoms with E-state index in [1.165, 1.54) is 5.56 Å². The van der Waals surface area contributed by atoms with Crippen LogP contribution in [0.1, 0.15) is 46.2 Å². The van der Waals surface area contributed by atoms with Gasteiger partial charge < -0.3 is 29.5 Å². The van der Waals surface area contributed by atoms with Crippen molar-refractivity contribution in [3.63, 3.8) is 0 Å². The van der Waals surface area contributed by atoms with Gasteiger partial charge in [0.2, 0.25) is 0 Å². The molecule has 0 saturated carbocycles. The number of H-pyrrole nitrogens is 1. The van der Waals surface area contributed by atoms with Gasteiger partial charge in [-0.1, -0.05) is 152 Å². The number of para-hydroxylation sites is 2. The molecule has 0 spiro atoms. The summed E-state index contributed by atoms with van der Waals surface area (Å²) in [6.45, 7) is 2.26. The Balaban J connectivity index is 0.000000182. The first-order valence-electron chi connectivity index (χ1n) is 24.1. The summed E-state index contributed by atoms with van der Waals surface area (Å²) in [6, 6.07) is 63.5. The Labute approximate surface area is 415 Å². The maximum absolute atomic E-state index is 12.4. The molecule has 71 heavy (non-hydrogen) atoms. The number of nitrogens with zero attached hydrogens (tertiary/aromatic N) is 4. The van der Waals surface area contributed by atoms with Gasteiger partial charge in [-0.05, 0) is 82.6 Å². The van der Waals surface area contributed by atoms with E-state index in [2.05, 4.69) is 118 Å². The van der Waals surface area contributed by atoms with Crippen LogP contribution >= 0.6 is 0 Å². The quantitative estimate of drug-likeness (QED) is 0.0355. The molecule has 1 aliphatic heterocycles. The third-order valence-corrected chi connectivity index (χ3v) is 12.8. The van der Waals surface area contributed by atoms with Crippen molar-refractivity contribution in [3.8, 4) is 34.0 Å². The van der Waals surface area contributed by atoms with E-state index >= 15 is 0 Å². The molecule has 1 saturated heterocycles. The molecule has 9 aromatic rings. The summed E-state index contributed by atoms with van der Waals surface area (Å²) in [6.07, 6.45) is 10.6. The number of hydroxylamine groups is 2. The van der Waals surface area contributed by atoms with Gasteiger partial charge in [-0.25, -0.2) is 15.0 Å². The van der Waals surface area contributed by atoms with E-state index in [1.54, 1.807) is 12.5 Å². The van der Waals surface area contributed by atoms with Gasteiger partial charge in [-0.15, -0.1) is 0 Å². The molecule has 2 aromatic heterocycles. The van der Waals surface area contributed by atoms with E-state index < -0.39 is 5.54 Å². The topological polar surface area (TPSA) is 141 Å². The summed E-state index contributed by atoms with van der Waals surface area (Å²) in [7, 11) is 0. The molecule has 1 amide bonds. The Bertz CT molecular complexity index is 2930. The fraction of sp³-hybridized carbons (Fsp3) is 0.183. The highest BCUT2D eigenvalue weighted by Gasteiger charge is 2.38. The molecule has 0 atom stereocenters. The summed E-state index contributed by atoms with van der Waals surface area (Å²) >= 11 is 0. The van der Waals surface area contributed by atoms with Gasteiger partial charge in [0.05, 0.1) is 55.9 Å². The maximum Gasteiger partial charge on any atom is 0.250 e. The highest BCUT2D eigenvalue weighted by atomic mass is 16.5. The second kappa shape index (κ2) is 23.4. The lowest BCUT2D eigenvalue weighted by molar-refractivity contribution is -0.181. The van der Waals surface area contributed by atoms with Crippen molar-refractivity contribution in [1.29, 1.82) is 0 Å². The summed E-state index contributed by atoms with van der Waals surface area (Å²) < 4.78 is 19.8. The van der Waals surface area contributed by atoms with E-state index in [4.69, 9.17) is 24.9 Å². The van der Waals surface area contributed by atoms with Crippen LogP contribution in [0.15, 0.2) is 213 Å². The number of aromatic nitrogens is 4. The smallest absolute Gasteiger partial charge is 0.250 e. The number of nitrogens with two attached hydrogens (primary N) is 1. The van der Waals surface area contributed by atoms with Gasteiger partial charge in [0, 0.05) is 49.1 Å². The van der Waals surface area contributed by atoms with Crippen molar-refractivity contribution >= 4 is 11.6 Å². The van der Waals surface area contributed by atoms with Crippen molar-refractivity contribution in [1.82, 2.24) is 24.6 Å². The minimum Gasteiger partial charge on any atom is -0.493 e. The van der Waals surface area contributed by atoms with E-state index in [1.807, 2.05) is 97.3 Å². The predicted molar refractivity (Wildman–Crippen MR) is 278 cm³/mol. The number of amides is 1. The molecule has 7 aromatic carbocycles. The lowest BCUT2D eigenvalue weighted by Crippen LogP contribution is -2.41. The first-order chi connectivity index (χ1) is 35.0. The molecular formula is C60H58N6O5. The first-order valence-corrected chi connectivity index (χ1v) is 24.1. The van der Waals surface area contributed by atoms with Crippen molar-refractivity contribution in [2.24, 2.45) is 0 Å². The van der Waals surface area contributed by atoms with Crippen LogP contribution in [0.4, 0.5) is 5.69 Å². The van der Waals surface area contributed by atoms with Crippen LogP contribution in [0, 0.1) is 0 Å². The summed E-state index contributed by atoms with van der Waals surface area (Å²) in [5, 5.41) is 11.1. The van der Waals surface area contributed by atoms with Gasteiger partial charge in [-0.2, -0.15) is 0 Å². The van der Waals surface area contributed by atoms with Gasteiger partial charge in [0.15, 0.2) is 0 Å². The van der Waals surface area contributed by atoms with Crippen LogP contribution in [0.2, 0.25) is 0 Å². The van der Waals surface area contributed by atoms with Gasteiger partial charge in [0.25, 0.3) is 5.91 Å². The molecule has 11 heteroatoms. The summed E-state index contributed by atoms with van der Waals surface area (Å²) in [5.74, 6) is 1.34. The standard InChI is InChI=1S/C36H31N3O.C24H27N3O4/c37-32-22-20-28(21-23-32)24-25-40-35-19-11-10-18-33(35)34-26-39(27-38-34)36(29-12-4-1-5-13-29,30-14-6-2-7-15-30)31-16-8-3-9-17-31;28-24(27(29)20-10-12-30-13-11-20)15-19-7-5-18(6-8-19)9-14-31-23-4-2-1-3-21(23)22-16-25-17-26-22/h1-23,26-27H,24-25,37H2;1-8,16-17,20,29H,9-15H2,(H,25,26). The minimum atomic E-state index is -0.611. The highest BCUT2D eigenvalue weighted by molar-refractivity contribution is 5.78. The number of carbonyl (C=O) groups is 1. The van der Waals surface area contributed by atoms with Crippen LogP contribution in [-0.2, 0) is 34.3 Å². The molecule has 11 nitrogen and oxygen atoms in total. The monoisotopic (exact) mass is 942 g/mol. The fourth-order valence-corrected chi connectivity index (χ4v) is 9.11. The zero-order valence-corrected chi connectivity index (χ0v) is 39.6. The Morgan fingerprint density at radius 1 is 0.662 bits per heavy atom. The number of anilines is 1. The minimum absolute atomic E-state index is 0.151. The molecule has 10 rings (SSSR count). The Kier molecular flexibility index (Phi) is 15.7. The molecule has 1 fully saturated rings. The summed E-state index contributed by atoms with van der Waals surface area (Å²) in [5.41, 5.74) is 16.4. The lowest BCUT2D eigenvalue weighted by Gasteiger charge is -2.37. The highest BCUT2D eigenvalue weighted by Crippen LogP contribution is 2.42. The molecule has 358 valence electrons. The van der Waals surface area contributed by atoms with Gasteiger partial charge in [-0.3, -0.25) is 10.0 Å². The molecule has 4 N–H and O–H groups in total. The number of nitrogen functional groups attached to an aromatic ring is 1. The zero-order valence-electron chi connectivity index (χ0n) is 39.6. The van der Waals surface area contributed by atoms with E-state index in [0.29, 0.717) is 39.3 Å². The van der Waals surface area contributed by atoms with Crippen molar-refractivity contribution < 1.29 is 24.2 Å². The predicted octanol–water partition coefficient (Wildman–Crippen LogP) is 11.2. The molecule has 1 aliphatic rings. The largest absolute Gasteiger partial charge is 0.493 e. The van der Waals surface area contributed by atoms with Crippen molar-refractivity contribution in [2.75, 3.05) is 32.2 Å². The number of benzene rings is 7. The summed E-state index contributed by atoms with van der Waals surface area (Å²) in [4.78, 5) is 24.5. The fourth-order valence-electron chi connectivity index (χ4n) is 9.11. The van der Waals surface area contributed by atoms with Gasteiger partial charge >= 0.3 is 0 Å². The first kappa shape index (κ1) is 47.8. The Hall–Kier alpha value is -8.25. The zero-order chi connectivity index (χ0) is 48.7. The number of rotatable bonds is 17. The van der Waals surface area contributed by atoms with Crippen LogP contribution < -0.4 is 15.2 Å². The van der Waals surface area contributed by atoms with Crippen LogP contribution in [0.5, 0.6) is 11.5 Å². The van der Waals surface area contributed by atoms with Crippen LogP contribution in [0.3, 0.4) is 0 Å². The third kappa shape index (κ3) is 11.6. The molecule has 0 aliphatic carbocycles. The van der Waals surface area contributed by atoms with Crippen molar-refractivity contribution in [2.45, 2.75) is 43.7 Å². The van der Waals surface area contributed by atoms with Crippen LogP contribution in [-0.4, -0.2) is 68.2 Å². The van der Waals surface area contributed by atoms with Crippen molar-refractivity contribution in [3.05, 3.63) is 246 Å². The maximum atomic E-state index is 12.4. The Morgan fingerprint density at radius 3 is 1.70 bits per heavy atom. The number of carbonyl (C=O) groups excluding carboxylic acids is 1. The number of imidazole rings is 2. The number of nitrogens with one attached hydrogen (secondary N) is 1. The van der Waals surface area contributed by atoms with E-state index in [9.17, 15) is 10.0 Å². The number of hydrogen-bond donors (Lipinski definition) is 3. The number of ether oxygens (including phenoxy) is 3. The SMILES string of the molecule is Nc1ccc(CCOc2ccccc2-c2cn(C(c3ccccc3)(c3ccccc3)c3ccccc3)cn2)cc1.O=C(Cc1ccc(CCOc2ccccc2-c2cnc[nH]2)cc1)N(O)C1CCOCC1. The molecule has 0 radical (unpaired) electrons. The molecule has 3 heterocycles. The number of hydrogen-bond acceptors (Lipinski definition) is 8. The third-order valence-electron chi connectivity index (χ3n) is 12.8. The van der Waals surface area contributed by atoms with Crippen LogP contribution in [0.25, 0.3) is 22.5 Å².